The van der Waals surface area contributed by atoms with Crippen molar-refractivity contribution in [2.75, 3.05) is 5.73 Å². The van der Waals surface area contributed by atoms with Crippen LogP contribution in [0.15, 0.2) is 6.07 Å². The molecule has 0 spiro atoms. The highest BCUT2D eigenvalue weighted by Crippen LogP contribution is 2.21. The summed E-state index contributed by atoms with van der Waals surface area (Å²) in [5.74, 6) is -1.10. The van der Waals surface area contributed by atoms with Gasteiger partial charge >= 0.3 is 12.0 Å². The van der Waals surface area contributed by atoms with Gasteiger partial charge in [0.1, 0.15) is 0 Å². The van der Waals surface area contributed by atoms with Crippen molar-refractivity contribution in [1.82, 2.24) is 9.78 Å². The molecule has 78 valence electrons. The minimum atomic E-state index is -4.51. The topological polar surface area (TPSA) is 87.0 Å². The molecule has 1 rings (SSSR count). The number of nitro groups is 1. The van der Waals surface area contributed by atoms with Crippen LogP contribution < -0.4 is 5.73 Å². The highest BCUT2D eigenvalue weighted by Gasteiger charge is 2.32. The highest BCUT2D eigenvalue weighted by molar-refractivity contribution is 5.37. The van der Waals surface area contributed by atoms with Gasteiger partial charge in [0.2, 0.25) is 0 Å². The highest BCUT2D eigenvalue weighted by atomic mass is 19.4. The molecule has 0 aliphatic carbocycles. The molecule has 0 aromatic carbocycles. The van der Waals surface area contributed by atoms with Gasteiger partial charge in [0.25, 0.3) is 0 Å². The van der Waals surface area contributed by atoms with Crippen molar-refractivity contribution in [1.29, 1.82) is 0 Å². The Balaban J connectivity index is 2.94. The first-order chi connectivity index (χ1) is 6.29. The number of alkyl halides is 3. The molecule has 0 radical (unpaired) electrons. The number of anilines is 1. The minimum Gasteiger partial charge on any atom is -0.382 e. The molecule has 0 saturated carbocycles. The Morgan fingerprint density at radius 3 is 2.57 bits per heavy atom. The molecule has 0 bridgehead atoms. The summed E-state index contributed by atoms with van der Waals surface area (Å²) < 4.78 is 35.9. The molecule has 1 aromatic heterocycles. The second kappa shape index (κ2) is 3.16. The fourth-order valence-corrected chi connectivity index (χ4v) is 0.803. The third-order valence-electron chi connectivity index (χ3n) is 1.31. The predicted molar refractivity (Wildman–Crippen MR) is 39.3 cm³/mol. The zero-order valence-corrected chi connectivity index (χ0v) is 6.65. The Kier molecular flexibility index (Phi) is 2.32. The summed E-state index contributed by atoms with van der Waals surface area (Å²) >= 11 is 0. The average Bonchev–Trinajstić information content (AvgIpc) is 2.29. The van der Waals surface area contributed by atoms with Gasteiger partial charge < -0.3 is 15.8 Å². The SMILES string of the molecule is Nc1cc([N+](=O)[O-])nn1CC(F)(F)F. The van der Waals surface area contributed by atoms with E-state index in [-0.39, 0.29) is 0 Å². The molecular weight excluding hydrogens is 205 g/mol. The Bertz CT molecular complexity index is 358. The molecule has 2 N–H and O–H groups in total. The zero-order valence-electron chi connectivity index (χ0n) is 6.65. The van der Waals surface area contributed by atoms with E-state index in [2.05, 4.69) is 5.10 Å². The van der Waals surface area contributed by atoms with E-state index in [0.717, 1.165) is 6.07 Å². The molecule has 14 heavy (non-hydrogen) atoms. The van der Waals surface area contributed by atoms with Gasteiger partial charge in [-0.25, -0.2) is 0 Å². The molecule has 6 nitrogen and oxygen atoms in total. The van der Waals surface area contributed by atoms with E-state index in [4.69, 9.17) is 5.73 Å². The van der Waals surface area contributed by atoms with Gasteiger partial charge in [0.15, 0.2) is 12.4 Å². The van der Waals surface area contributed by atoms with Gasteiger partial charge in [-0.1, -0.05) is 0 Å². The zero-order chi connectivity index (χ0) is 10.9. The summed E-state index contributed by atoms with van der Waals surface area (Å²) in [5.41, 5.74) is 5.08. The molecule has 1 aromatic rings. The maximum atomic E-state index is 11.8. The van der Waals surface area contributed by atoms with Gasteiger partial charge in [-0.2, -0.15) is 13.2 Å². The Morgan fingerprint density at radius 2 is 2.21 bits per heavy atom. The van der Waals surface area contributed by atoms with Gasteiger partial charge in [0, 0.05) is 0 Å². The fraction of sp³-hybridized carbons (Fsp3) is 0.400. The minimum absolute atomic E-state index is 0.331. The first-order valence-corrected chi connectivity index (χ1v) is 3.34. The molecule has 0 saturated heterocycles. The van der Waals surface area contributed by atoms with Crippen LogP contribution in [0, 0.1) is 10.1 Å². The van der Waals surface area contributed by atoms with Crippen molar-refractivity contribution >= 4 is 11.6 Å². The lowest BCUT2D eigenvalue weighted by atomic mass is 10.6. The van der Waals surface area contributed by atoms with E-state index in [1.165, 1.54) is 0 Å². The largest absolute Gasteiger partial charge is 0.410 e. The first-order valence-electron chi connectivity index (χ1n) is 3.34. The van der Waals surface area contributed by atoms with Crippen LogP contribution in [0.3, 0.4) is 0 Å². The number of nitrogen functional groups attached to an aromatic ring is 1. The van der Waals surface area contributed by atoms with E-state index in [0.29, 0.717) is 4.68 Å². The van der Waals surface area contributed by atoms with Crippen LogP contribution in [0.1, 0.15) is 0 Å². The molecule has 0 fully saturated rings. The maximum Gasteiger partial charge on any atom is 0.410 e. The fourth-order valence-electron chi connectivity index (χ4n) is 0.803. The summed E-state index contributed by atoms with van der Waals surface area (Å²) in [5, 5.41) is 13.2. The summed E-state index contributed by atoms with van der Waals surface area (Å²) in [7, 11) is 0. The average molecular weight is 210 g/mol. The summed E-state index contributed by atoms with van der Waals surface area (Å²) in [6.07, 6.45) is -4.51. The second-order valence-electron chi connectivity index (χ2n) is 2.46. The number of nitrogens with zero attached hydrogens (tertiary/aromatic N) is 3. The monoisotopic (exact) mass is 210 g/mol. The molecule has 0 aliphatic rings. The summed E-state index contributed by atoms with van der Waals surface area (Å²) in [6.45, 7) is -1.44. The van der Waals surface area contributed by atoms with Crippen LogP contribution in [-0.2, 0) is 6.54 Å². The number of nitrogens with two attached hydrogens (primary N) is 1. The maximum absolute atomic E-state index is 11.8. The smallest absolute Gasteiger partial charge is 0.382 e. The third kappa shape index (κ3) is 2.34. The Hall–Kier alpha value is -1.80. The summed E-state index contributed by atoms with van der Waals surface area (Å²) in [4.78, 5) is 9.21. The third-order valence-corrected chi connectivity index (χ3v) is 1.31. The van der Waals surface area contributed by atoms with Crippen molar-refractivity contribution < 1.29 is 18.1 Å². The van der Waals surface area contributed by atoms with Crippen LogP contribution in [0.25, 0.3) is 0 Å². The first kappa shape index (κ1) is 10.3. The quantitative estimate of drug-likeness (QED) is 0.581. The van der Waals surface area contributed by atoms with Crippen LogP contribution in [0.4, 0.5) is 24.8 Å². The van der Waals surface area contributed by atoms with Gasteiger partial charge in [0.05, 0.1) is 11.2 Å². The Labute approximate surface area is 75.3 Å². The molecule has 0 unspecified atom stereocenters. The van der Waals surface area contributed by atoms with Crippen LogP contribution >= 0.6 is 0 Å². The summed E-state index contributed by atoms with van der Waals surface area (Å²) in [6, 6.07) is 0.770. The van der Waals surface area contributed by atoms with Crippen molar-refractivity contribution in [2.24, 2.45) is 0 Å². The number of hydrogen-bond donors (Lipinski definition) is 1. The van der Waals surface area contributed by atoms with Gasteiger partial charge in [-0.05, 0) is 4.92 Å². The number of hydrogen-bond acceptors (Lipinski definition) is 4. The van der Waals surface area contributed by atoms with Crippen molar-refractivity contribution in [3.05, 3.63) is 16.2 Å². The lowest BCUT2D eigenvalue weighted by molar-refractivity contribution is -0.389. The molecule has 9 heteroatoms. The Morgan fingerprint density at radius 1 is 1.64 bits per heavy atom. The molecule has 1 heterocycles. The van der Waals surface area contributed by atoms with E-state index in [1.807, 2.05) is 0 Å². The van der Waals surface area contributed by atoms with Gasteiger partial charge in [-0.3, -0.25) is 0 Å². The lowest BCUT2D eigenvalue weighted by Crippen LogP contribution is -2.20. The van der Waals surface area contributed by atoms with Crippen molar-refractivity contribution in [2.45, 2.75) is 12.7 Å². The van der Waals surface area contributed by atoms with Crippen LogP contribution in [0.5, 0.6) is 0 Å². The number of aromatic nitrogens is 2. The standard InChI is InChI=1S/C5H5F3N4O2/c6-5(7,8)2-11-3(9)1-4(10-11)12(13)14/h1H,2,9H2. The van der Waals surface area contributed by atoms with Crippen molar-refractivity contribution in [3.63, 3.8) is 0 Å². The van der Waals surface area contributed by atoms with E-state index < -0.39 is 29.3 Å². The normalized spacial score (nSPS) is 11.6. The number of rotatable bonds is 2. The number of halogens is 3. The molecule has 0 amide bonds. The predicted octanol–water partition coefficient (Wildman–Crippen LogP) is 0.936. The van der Waals surface area contributed by atoms with Crippen LogP contribution in [0.2, 0.25) is 0 Å². The van der Waals surface area contributed by atoms with E-state index >= 15 is 0 Å². The van der Waals surface area contributed by atoms with Gasteiger partial charge in [-0.15, -0.1) is 4.68 Å². The molecule has 0 aliphatic heterocycles. The van der Waals surface area contributed by atoms with E-state index in [9.17, 15) is 23.3 Å². The van der Waals surface area contributed by atoms with E-state index in [1.54, 1.807) is 0 Å². The van der Waals surface area contributed by atoms with Crippen molar-refractivity contribution in [3.8, 4) is 0 Å². The molecule has 0 atom stereocenters. The lowest BCUT2D eigenvalue weighted by Gasteiger charge is -2.03. The van der Waals surface area contributed by atoms with Crippen LogP contribution in [-0.4, -0.2) is 20.9 Å². The second-order valence-corrected chi connectivity index (χ2v) is 2.46. The molecular formula is C5H5F3N4O2.